The molecule has 1 saturated carbocycles. The highest BCUT2D eigenvalue weighted by atomic mass is 35.5. The molecule has 20 heavy (non-hydrogen) atoms. The quantitative estimate of drug-likeness (QED) is 0.829. The second-order valence-electron chi connectivity index (χ2n) is 5.32. The molecule has 0 aromatic heterocycles. The van der Waals surface area contributed by atoms with Gasteiger partial charge in [-0.25, -0.2) is 0 Å². The van der Waals surface area contributed by atoms with E-state index in [4.69, 9.17) is 11.6 Å². The smallest absolute Gasteiger partial charge is 0.423 e. The molecule has 0 saturated heterocycles. The summed E-state index contributed by atoms with van der Waals surface area (Å²) in [6.45, 7) is 0. The lowest BCUT2D eigenvalue weighted by atomic mass is 9.79. The van der Waals surface area contributed by atoms with Crippen molar-refractivity contribution < 1.29 is 14.8 Å². The highest BCUT2D eigenvalue weighted by Gasteiger charge is 2.25. The first-order valence-electron chi connectivity index (χ1n) is 6.93. The van der Waals surface area contributed by atoms with Crippen molar-refractivity contribution in [1.29, 1.82) is 0 Å². The third-order valence-corrected chi connectivity index (χ3v) is 4.29. The third-order valence-electron chi connectivity index (χ3n) is 3.96. The van der Waals surface area contributed by atoms with Crippen molar-refractivity contribution in [3.8, 4) is 0 Å². The second kappa shape index (κ2) is 6.61. The summed E-state index contributed by atoms with van der Waals surface area (Å²) in [5, 5.41) is 18.7. The van der Waals surface area contributed by atoms with Crippen LogP contribution in [0.1, 0.15) is 42.5 Å². The van der Waals surface area contributed by atoms with E-state index in [2.05, 4.69) is 0 Å². The molecule has 0 atom stereocenters. The summed E-state index contributed by atoms with van der Waals surface area (Å²) < 4.78 is 0. The van der Waals surface area contributed by atoms with Crippen LogP contribution in [-0.2, 0) is 0 Å². The third kappa shape index (κ3) is 3.34. The predicted molar refractivity (Wildman–Crippen MR) is 80.2 cm³/mol. The number of hydrogen-bond acceptors (Lipinski definition) is 3. The van der Waals surface area contributed by atoms with Crippen molar-refractivity contribution in [2.24, 2.45) is 0 Å². The lowest BCUT2D eigenvalue weighted by Gasteiger charge is -2.31. The summed E-state index contributed by atoms with van der Waals surface area (Å²) in [5.74, 6) is -0.163. The Balaban J connectivity index is 2.21. The maximum absolute atomic E-state index is 12.5. The summed E-state index contributed by atoms with van der Waals surface area (Å²) in [6.07, 6.45) is 5.55. The molecule has 1 aromatic rings. The first-order valence-corrected chi connectivity index (χ1v) is 7.31. The number of benzene rings is 1. The number of amides is 1. The van der Waals surface area contributed by atoms with Crippen LogP contribution in [-0.4, -0.2) is 41.1 Å². The monoisotopic (exact) mass is 295 g/mol. The van der Waals surface area contributed by atoms with Gasteiger partial charge in [-0.2, -0.15) is 0 Å². The van der Waals surface area contributed by atoms with Crippen LogP contribution in [0.4, 0.5) is 0 Å². The van der Waals surface area contributed by atoms with Gasteiger partial charge in [0.1, 0.15) is 0 Å². The molecule has 108 valence electrons. The molecule has 1 aromatic carbocycles. The normalized spacial score (nSPS) is 16.0. The summed E-state index contributed by atoms with van der Waals surface area (Å²) in [5.41, 5.74) is 0.597. The highest BCUT2D eigenvalue weighted by molar-refractivity contribution is 6.58. The Hall–Kier alpha value is -1.04. The topological polar surface area (TPSA) is 60.8 Å². The van der Waals surface area contributed by atoms with Crippen molar-refractivity contribution in [2.45, 2.75) is 38.1 Å². The van der Waals surface area contributed by atoms with E-state index in [0.29, 0.717) is 10.6 Å². The van der Waals surface area contributed by atoms with E-state index in [1.54, 1.807) is 11.9 Å². The zero-order valence-electron chi connectivity index (χ0n) is 11.6. The molecule has 0 bridgehead atoms. The maximum atomic E-state index is 12.5. The Kier molecular flexibility index (Phi) is 5.08. The van der Waals surface area contributed by atoms with Gasteiger partial charge in [0.05, 0.1) is 10.6 Å². The fraction of sp³-hybridized carbons (Fsp3) is 0.500. The van der Waals surface area contributed by atoms with Crippen LogP contribution in [0.25, 0.3) is 0 Å². The number of hydrogen-bond donors (Lipinski definition) is 2. The molecule has 0 spiro atoms. The van der Waals surface area contributed by atoms with E-state index in [1.807, 2.05) is 0 Å². The zero-order chi connectivity index (χ0) is 14.7. The number of nitrogens with zero attached hydrogens (tertiary/aromatic N) is 1. The molecule has 1 aliphatic carbocycles. The fourth-order valence-corrected chi connectivity index (χ4v) is 2.89. The minimum absolute atomic E-state index is 0.163. The Bertz CT molecular complexity index is 489. The average molecular weight is 296 g/mol. The van der Waals surface area contributed by atoms with Gasteiger partial charge in [0, 0.05) is 13.1 Å². The molecule has 1 fully saturated rings. The van der Waals surface area contributed by atoms with E-state index in [0.717, 1.165) is 25.7 Å². The number of rotatable bonds is 3. The Morgan fingerprint density at radius 1 is 1.30 bits per heavy atom. The van der Waals surface area contributed by atoms with E-state index in [9.17, 15) is 14.8 Å². The number of carbonyl (C=O) groups excluding carboxylic acids is 1. The van der Waals surface area contributed by atoms with Gasteiger partial charge in [-0.15, -0.1) is 0 Å². The van der Waals surface area contributed by atoms with E-state index in [1.165, 1.54) is 24.6 Å². The molecular formula is C14H19BClNO3. The second-order valence-corrected chi connectivity index (χ2v) is 5.73. The molecule has 1 amide bonds. The molecule has 4 nitrogen and oxygen atoms in total. The van der Waals surface area contributed by atoms with Crippen molar-refractivity contribution in [1.82, 2.24) is 4.90 Å². The van der Waals surface area contributed by atoms with Crippen molar-refractivity contribution >= 4 is 30.1 Å². The average Bonchev–Trinajstić information content (AvgIpc) is 2.47. The van der Waals surface area contributed by atoms with Gasteiger partial charge in [-0.3, -0.25) is 4.79 Å². The van der Waals surface area contributed by atoms with Crippen molar-refractivity contribution in [3.05, 3.63) is 28.8 Å². The van der Waals surface area contributed by atoms with Crippen LogP contribution < -0.4 is 5.46 Å². The summed E-state index contributed by atoms with van der Waals surface area (Å²) in [4.78, 5) is 14.2. The Morgan fingerprint density at radius 2 is 1.95 bits per heavy atom. The number of carbonyl (C=O) groups is 1. The molecule has 0 radical (unpaired) electrons. The summed E-state index contributed by atoms with van der Waals surface area (Å²) >= 11 is 6.07. The molecule has 2 rings (SSSR count). The maximum Gasteiger partial charge on any atom is 0.488 e. The lowest BCUT2D eigenvalue weighted by molar-refractivity contribution is 0.0696. The van der Waals surface area contributed by atoms with Gasteiger partial charge < -0.3 is 14.9 Å². The van der Waals surface area contributed by atoms with E-state index < -0.39 is 7.12 Å². The number of halogens is 1. The van der Waals surface area contributed by atoms with Crippen molar-refractivity contribution in [2.75, 3.05) is 7.05 Å². The van der Waals surface area contributed by atoms with Crippen LogP contribution in [0.3, 0.4) is 0 Å². The van der Waals surface area contributed by atoms with Gasteiger partial charge in [-0.1, -0.05) is 36.9 Å². The predicted octanol–water partition coefficient (Wildman–Crippen LogP) is 1.42. The minimum atomic E-state index is -1.60. The van der Waals surface area contributed by atoms with E-state index in [-0.39, 0.29) is 17.4 Å². The minimum Gasteiger partial charge on any atom is -0.423 e. The zero-order valence-corrected chi connectivity index (χ0v) is 12.3. The van der Waals surface area contributed by atoms with Crippen LogP contribution in [0.2, 0.25) is 5.02 Å². The molecule has 0 heterocycles. The lowest BCUT2D eigenvalue weighted by Crippen LogP contribution is -2.39. The van der Waals surface area contributed by atoms with Gasteiger partial charge in [0.15, 0.2) is 0 Å². The molecule has 6 heteroatoms. The molecule has 1 aliphatic rings. The largest absolute Gasteiger partial charge is 0.488 e. The van der Waals surface area contributed by atoms with Crippen LogP contribution >= 0.6 is 11.6 Å². The van der Waals surface area contributed by atoms with Crippen molar-refractivity contribution in [3.63, 3.8) is 0 Å². The fourth-order valence-electron chi connectivity index (χ4n) is 2.69. The van der Waals surface area contributed by atoms with Crippen LogP contribution in [0.5, 0.6) is 0 Å². The SMILES string of the molecule is CN(C(=O)c1cc(B(O)O)ccc1Cl)C1CCCCC1. The molecule has 2 N–H and O–H groups in total. The molecule has 0 unspecified atom stereocenters. The van der Waals surface area contributed by atoms with Crippen LogP contribution in [0, 0.1) is 0 Å². The Labute approximate surface area is 124 Å². The van der Waals surface area contributed by atoms with Gasteiger partial charge in [0.25, 0.3) is 5.91 Å². The van der Waals surface area contributed by atoms with Gasteiger partial charge in [-0.05, 0) is 30.4 Å². The highest BCUT2D eigenvalue weighted by Crippen LogP contribution is 2.24. The standard InChI is InChI=1S/C14H19BClNO3/c1-17(11-5-3-2-4-6-11)14(18)12-9-10(15(19)20)7-8-13(12)16/h7-9,11,19-20H,2-6H2,1H3. The van der Waals surface area contributed by atoms with Crippen LogP contribution in [0.15, 0.2) is 18.2 Å². The van der Waals surface area contributed by atoms with Gasteiger partial charge >= 0.3 is 7.12 Å². The molecule has 0 aliphatic heterocycles. The van der Waals surface area contributed by atoms with E-state index >= 15 is 0 Å². The summed E-state index contributed by atoms with van der Waals surface area (Å²) in [6, 6.07) is 4.73. The molecular weight excluding hydrogens is 276 g/mol. The summed E-state index contributed by atoms with van der Waals surface area (Å²) in [7, 11) is 0.190. The Morgan fingerprint density at radius 3 is 2.55 bits per heavy atom. The van der Waals surface area contributed by atoms with Gasteiger partial charge in [0.2, 0.25) is 0 Å². The first-order chi connectivity index (χ1) is 9.50. The first kappa shape index (κ1) is 15.4.